The van der Waals surface area contributed by atoms with E-state index in [-0.39, 0.29) is 11.5 Å². The summed E-state index contributed by atoms with van der Waals surface area (Å²) in [7, 11) is 0. The predicted molar refractivity (Wildman–Crippen MR) is 46.1 cm³/mol. The van der Waals surface area contributed by atoms with Gasteiger partial charge in [0.2, 0.25) is 11.8 Å². The lowest BCUT2D eigenvalue weighted by molar-refractivity contribution is -0.150. The standard InChI is InChI=1S/C7H9F2NO3S/c8-7(9,4-11)3-10-5(12)1-14-2-6(10)13/h11H,1-4H2. The minimum Gasteiger partial charge on any atom is -0.390 e. The number of rotatable bonds is 3. The molecule has 0 saturated carbocycles. The van der Waals surface area contributed by atoms with Crippen LogP contribution in [0.15, 0.2) is 0 Å². The van der Waals surface area contributed by atoms with Crippen LogP contribution in [-0.2, 0) is 9.59 Å². The molecule has 1 aliphatic heterocycles. The summed E-state index contributed by atoms with van der Waals surface area (Å²) in [6, 6.07) is 0. The Hall–Kier alpha value is -0.690. The Kier molecular flexibility index (Phi) is 3.43. The van der Waals surface area contributed by atoms with Crippen LogP contribution >= 0.6 is 11.8 Å². The summed E-state index contributed by atoms with van der Waals surface area (Å²) in [4.78, 5) is 22.6. The van der Waals surface area contributed by atoms with E-state index >= 15 is 0 Å². The molecule has 1 heterocycles. The first kappa shape index (κ1) is 11.4. The van der Waals surface area contributed by atoms with E-state index in [1.807, 2.05) is 0 Å². The molecule has 7 heteroatoms. The van der Waals surface area contributed by atoms with Gasteiger partial charge in [-0.25, -0.2) is 8.78 Å². The minimum absolute atomic E-state index is 0.0350. The Balaban J connectivity index is 2.65. The third-order valence-electron chi connectivity index (χ3n) is 1.67. The van der Waals surface area contributed by atoms with Crippen molar-refractivity contribution >= 4 is 23.6 Å². The van der Waals surface area contributed by atoms with E-state index in [1.54, 1.807) is 0 Å². The molecule has 4 nitrogen and oxygen atoms in total. The summed E-state index contributed by atoms with van der Waals surface area (Å²) in [5.41, 5.74) is 0. The summed E-state index contributed by atoms with van der Waals surface area (Å²) >= 11 is 1.10. The Morgan fingerprint density at radius 1 is 1.36 bits per heavy atom. The van der Waals surface area contributed by atoms with Gasteiger partial charge in [0.1, 0.15) is 6.61 Å². The second kappa shape index (κ2) is 4.22. The van der Waals surface area contributed by atoms with Gasteiger partial charge in [0.05, 0.1) is 18.1 Å². The maximum Gasteiger partial charge on any atom is 0.288 e. The normalized spacial score (nSPS) is 18.9. The fraction of sp³-hybridized carbons (Fsp3) is 0.714. The van der Waals surface area contributed by atoms with Gasteiger partial charge in [0.25, 0.3) is 5.92 Å². The van der Waals surface area contributed by atoms with Crippen LogP contribution in [0, 0.1) is 0 Å². The number of aliphatic hydroxyl groups is 1. The van der Waals surface area contributed by atoms with Crippen molar-refractivity contribution in [3.05, 3.63) is 0 Å². The lowest BCUT2D eigenvalue weighted by Crippen LogP contribution is -2.49. The van der Waals surface area contributed by atoms with E-state index in [0.29, 0.717) is 4.90 Å². The number of carbonyl (C=O) groups excluding carboxylic acids is 2. The van der Waals surface area contributed by atoms with Crippen molar-refractivity contribution in [3.63, 3.8) is 0 Å². The van der Waals surface area contributed by atoms with Crippen molar-refractivity contribution in [2.45, 2.75) is 5.92 Å². The first-order valence-corrected chi connectivity index (χ1v) is 5.01. The van der Waals surface area contributed by atoms with E-state index in [4.69, 9.17) is 5.11 Å². The number of aliphatic hydroxyl groups excluding tert-OH is 1. The molecule has 0 unspecified atom stereocenters. The molecule has 2 amide bonds. The average Bonchev–Trinajstić information content (AvgIpc) is 2.12. The quantitative estimate of drug-likeness (QED) is 0.671. The second-order valence-electron chi connectivity index (χ2n) is 2.88. The van der Waals surface area contributed by atoms with E-state index in [2.05, 4.69) is 0 Å². The number of nitrogens with zero attached hydrogens (tertiary/aromatic N) is 1. The zero-order chi connectivity index (χ0) is 10.8. The van der Waals surface area contributed by atoms with Gasteiger partial charge in [-0.2, -0.15) is 0 Å². The molecular weight excluding hydrogens is 216 g/mol. The van der Waals surface area contributed by atoms with Crippen molar-refractivity contribution in [1.29, 1.82) is 0 Å². The predicted octanol–water partition coefficient (Wildman–Crippen LogP) is -0.284. The summed E-state index contributed by atoms with van der Waals surface area (Å²) in [5.74, 6) is -4.59. The van der Waals surface area contributed by atoms with E-state index in [1.165, 1.54) is 0 Å². The molecule has 1 N–H and O–H groups in total. The van der Waals surface area contributed by atoms with Gasteiger partial charge in [-0.05, 0) is 0 Å². The smallest absolute Gasteiger partial charge is 0.288 e. The van der Waals surface area contributed by atoms with Crippen LogP contribution in [0.5, 0.6) is 0 Å². The number of halogens is 2. The minimum atomic E-state index is -3.41. The van der Waals surface area contributed by atoms with Crippen LogP contribution in [0.3, 0.4) is 0 Å². The van der Waals surface area contributed by atoms with Crippen LogP contribution in [0.1, 0.15) is 0 Å². The zero-order valence-corrected chi connectivity index (χ0v) is 8.02. The number of carbonyl (C=O) groups is 2. The molecule has 0 bridgehead atoms. The SMILES string of the molecule is O=C1CSCC(=O)N1CC(F)(F)CO. The number of hydrogen-bond donors (Lipinski definition) is 1. The molecule has 1 saturated heterocycles. The van der Waals surface area contributed by atoms with Crippen LogP contribution in [0.4, 0.5) is 8.78 Å². The number of amides is 2. The monoisotopic (exact) mass is 225 g/mol. The Morgan fingerprint density at radius 2 is 1.86 bits per heavy atom. The maximum absolute atomic E-state index is 12.7. The van der Waals surface area contributed by atoms with Crippen LogP contribution in [-0.4, -0.2) is 52.4 Å². The fourth-order valence-electron chi connectivity index (χ4n) is 0.978. The van der Waals surface area contributed by atoms with Crippen LogP contribution in [0.25, 0.3) is 0 Å². The highest BCUT2D eigenvalue weighted by Gasteiger charge is 2.37. The highest BCUT2D eigenvalue weighted by Crippen LogP contribution is 2.19. The van der Waals surface area contributed by atoms with E-state index < -0.39 is 30.9 Å². The van der Waals surface area contributed by atoms with Crippen LogP contribution in [0.2, 0.25) is 0 Å². The topological polar surface area (TPSA) is 57.6 Å². The molecule has 0 aromatic rings. The third kappa shape index (κ3) is 2.65. The molecule has 0 atom stereocenters. The molecule has 80 valence electrons. The average molecular weight is 225 g/mol. The molecule has 0 spiro atoms. The second-order valence-corrected chi connectivity index (χ2v) is 3.87. The summed E-state index contributed by atoms with van der Waals surface area (Å²) < 4.78 is 25.4. The number of hydrogen-bond acceptors (Lipinski definition) is 4. The zero-order valence-electron chi connectivity index (χ0n) is 7.20. The molecule has 0 aromatic heterocycles. The van der Waals surface area contributed by atoms with Gasteiger partial charge < -0.3 is 5.11 Å². The molecule has 1 aliphatic rings. The lowest BCUT2D eigenvalue weighted by atomic mass is 10.3. The highest BCUT2D eigenvalue weighted by atomic mass is 32.2. The molecule has 14 heavy (non-hydrogen) atoms. The van der Waals surface area contributed by atoms with Gasteiger partial charge in [-0.1, -0.05) is 0 Å². The Labute approximate surface area is 83.3 Å². The fourth-order valence-corrected chi connectivity index (χ4v) is 1.74. The lowest BCUT2D eigenvalue weighted by Gasteiger charge is -2.27. The van der Waals surface area contributed by atoms with Crippen molar-refractivity contribution in [1.82, 2.24) is 4.90 Å². The van der Waals surface area contributed by atoms with Crippen molar-refractivity contribution in [2.75, 3.05) is 24.7 Å². The summed E-state index contributed by atoms with van der Waals surface area (Å²) in [5, 5.41) is 8.29. The van der Waals surface area contributed by atoms with Gasteiger partial charge in [-0.15, -0.1) is 11.8 Å². The summed E-state index contributed by atoms with van der Waals surface area (Å²) in [6.45, 7) is -2.39. The molecule has 0 aliphatic carbocycles. The largest absolute Gasteiger partial charge is 0.390 e. The molecular formula is C7H9F2NO3S. The van der Waals surface area contributed by atoms with Crippen molar-refractivity contribution in [2.24, 2.45) is 0 Å². The number of imide groups is 1. The van der Waals surface area contributed by atoms with E-state index in [9.17, 15) is 18.4 Å². The molecule has 0 aromatic carbocycles. The summed E-state index contributed by atoms with van der Waals surface area (Å²) in [6.07, 6.45) is 0. The molecule has 1 fully saturated rings. The van der Waals surface area contributed by atoms with Crippen molar-refractivity contribution in [3.8, 4) is 0 Å². The van der Waals surface area contributed by atoms with Gasteiger partial charge in [0.15, 0.2) is 0 Å². The van der Waals surface area contributed by atoms with E-state index in [0.717, 1.165) is 11.8 Å². The number of alkyl halides is 2. The van der Waals surface area contributed by atoms with Crippen molar-refractivity contribution < 1.29 is 23.5 Å². The molecule has 0 radical (unpaired) electrons. The highest BCUT2D eigenvalue weighted by molar-refractivity contribution is 8.00. The number of thioether (sulfide) groups is 1. The Morgan fingerprint density at radius 3 is 2.29 bits per heavy atom. The first-order valence-electron chi connectivity index (χ1n) is 3.86. The third-order valence-corrected chi connectivity index (χ3v) is 2.58. The molecule has 1 rings (SSSR count). The maximum atomic E-state index is 12.7. The van der Waals surface area contributed by atoms with Gasteiger partial charge in [0, 0.05) is 0 Å². The van der Waals surface area contributed by atoms with Gasteiger partial charge >= 0.3 is 0 Å². The first-order chi connectivity index (χ1) is 6.46. The Bertz CT molecular complexity index is 243. The van der Waals surface area contributed by atoms with Gasteiger partial charge in [-0.3, -0.25) is 14.5 Å². The van der Waals surface area contributed by atoms with Crippen LogP contribution < -0.4 is 0 Å².